The monoisotopic (exact) mass is 791 g/mol. The number of carbonyl (C=O) groups is 2. The molecule has 1 atom stereocenters. The maximum absolute atomic E-state index is 14.1. The third kappa shape index (κ3) is 7.46. The van der Waals surface area contributed by atoms with Crippen molar-refractivity contribution in [2.24, 2.45) is 5.92 Å². The van der Waals surface area contributed by atoms with Gasteiger partial charge >= 0.3 is 12.1 Å². The highest BCUT2D eigenvalue weighted by Gasteiger charge is 2.33. The van der Waals surface area contributed by atoms with Crippen molar-refractivity contribution >= 4 is 60.6 Å². The molecular weight excluding hydrogens is 750 g/mol. The summed E-state index contributed by atoms with van der Waals surface area (Å²) in [6.07, 6.45) is 4.97. The second-order valence-corrected chi connectivity index (χ2v) is 15.4. The summed E-state index contributed by atoms with van der Waals surface area (Å²) < 4.78 is 3.50. The van der Waals surface area contributed by atoms with Gasteiger partial charge in [-0.25, -0.2) is 14.6 Å². The SMILES string of the molecule is CN1CCC(Cn2c([C@@H](Cc3cc(Br)c(O)c(Br)c3)NC(=O)N3CCC(N4CCc5ccccc5NC4=O)CC3)nc3ccccc32)CC1. The number of anilines is 1. The van der Waals surface area contributed by atoms with Gasteiger partial charge in [-0.15, -0.1) is 0 Å². The molecule has 49 heavy (non-hydrogen) atoms. The lowest BCUT2D eigenvalue weighted by Gasteiger charge is -2.38. The van der Waals surface area contributed by atoms with E-state index in [4.69, 9.17) is 4.98 Å². The first kappa shape index (κ1) is 33.9. The Morgan fingerprint density at radius 2 is 1.67 bits per heavy atom. The summed E-state index contributed by atoms with van der Waals surface area (Å²) in [5.41, 5.74) is 4.97. The maximum atomic E-state index is 14.1. The van der Waals surface area contributed by atoms with Crippen LogP contribution in [0, 0.1) is 5.92 Å². The number of nitrogens with zero attached hydrogens (tertiary/aromatic N) is 5. The zero-order chi connectivity index (χ0) is 34.1. The van der Waals surface area contributed by atoms with Crippen LogP contribution in [-0.2, 0) is 19.4 Å². The van der Waals surface area contributed by atoms with Crippen molar-refractivity contribution in [2.75, 3.05) is 45.1 Å². The zero-order valence-corrected chi connectivity index (χ0v) is 30.9. The van der Waals surface area contributed by atoms with Crippen LogP contribution >= 0.6 is 31.9 Å². The molecule has 258 valence electrons. The van der Waals surface area contributed by atoms with Crippen molar-refractivity contribution in [3.8, 4) is 5.75 Å². The van der Waals surface area contributed by atoms with Gasteiger partial charge in [-0.3, -0.25) is 0 Å². The highest BCUT2D eigenvalue weighted by Crippen LogP contribution is 2.35. The van der Waals surface area contributed by atoms with Crippen LogP contribution in [0.15, 0.2) is 69.6 Å². The van der Waals surface area contributed by atoms with Gasteiger partial charge in [-0.1, -0.05) is 30.3 Å². The van der Waals surface area contributed by atoms with Gasteiger partial charge in [0.1, 0.15) is 11.6 Å². The molecule has 10 nitrogen and oxygen atoms in total. The molecule has 0 aliphatic carbocycles. The normalized spacial score (nSPS) is 18.6. The zero-order valence-electron chi connectivity index (χ0n) is 27.7. The van der Waals surface area contributed by atoms with Crippen LogP contribution in [0.1, 0.15) is 48.7 Å². The fourth-order valence-electron chi connectivity index (χ4n) is 7.59. The summed E-state index contributed by atoms with van der Waals surface area (Å²) in [5.74, 6) is 1.50. The van der Waals surface area contributed by atoms with Crippen molar-refractivity contribution in [1.29, 1.82) is 0 Å². The summed E-state index contributed by atoms with van der Waals surface area (Å²) in [7, 11) is 2.18. The minimum atomic E-state index is -0.415. The molecule has 3 N–H and O–H groups in total. The third-order valence-electron chi connectivity index (χ3n) is 10.4. The molecule has 12 heteroatoms. The standard InChI is InChI=1S/C37H43Br2N7O3/c1-43-15-10-24(11-16-43)23-46-33-9-5-4-8-31(33)40-35(46)32(22-25-20-28(38)34(47)29(39)21-25)42-36(48)44-17-13-27(14-18-44)45-19-12-26-6-2-3-7-30(26)41-37(45)49/h2-9,20-21,24,27,32,47H,10-19,22-23H2,1H3,(H,41,49)(H,42,48)/t32-/m1/s1. The van der Waals surface area contributed by atoms with Gasteiger partial charge < -0.3 is 35.0 Å². The lowest BCUT2D eigenvalue weighted by Crippen LogP contribution is -2.52. The number of urea groups is 2. The van der Waals surface area contributed by atoms with E-state index in [9.17, 15) is 14.7 Å². The average Bonchev–Trinajstić information content (AvgIpc) is 3.37. The lowest BCUT2D eigenvalue weighted by atomic mass is 9.96. The Hall–Kier alpha value is -3.61. The molecular formula is C37H43Br2N7O3. The number of likely N-dealkylation sites (tertiary alicyclic amines) is 2. The second kappa shape index (κ2) is 14.7. The number of phenolic OH excluding ortho intramolecular Hbond substituents is 1. The molecule has 3 aromatic carbocycles. The quantitative estimate of drug-likeness (QED) is 0.184. The van der Waals surface area contributed by atoms with Crippen molar-refractivity contribution < 1.29 is 14.7 Å². The number of hydrogen-bond donors (Lipinski definition) is 3. The molecule has 0 saturated carbocycles. The van der Waals surface area contributed by atoms with E-state index in [1.165, 1.54) is 0 Å². The lowest BCUT2D eigenvalue weighted by molar-refractivity contribution is 0.133. The highest BCUT2D eigenvalue weighted by molar-refractivity contribution is 9.11. The summed E-state index contributed by atoms with van der Waals surface area (Å²) in [6.45, 7) is 4.76. The number of aromatic nitrogens is 2. The van der Waals surface area contributed by atoms with Crippen molar-refractivity contribution in [1.82, 2.24) is 29.6 Å². The first-order chi connectivity index (χ1) is 23.7. The average molecular weight is 794 g/mol. The predicted octanol–water partition coefficient (Wildman–Crippen LogP) is 7.16. The number of benzene rings is 3. The Bertz CT molecular complexity index is 1810. The molecule has 0 unspecified atom stereocenters. The molecule has 0 bridgehead atoms. The van der Waals surface area contributed by atoms with Gasteiger partial charge in [0, 0.05) is 44.3 Å². The van der Waals surface area contributed by atoms with E-state index >= 15 is 0 Å². The number of fused-ring (bicyclic) bond motifs is 2. The van der Waals surface area contributed by atoms with Gasteiger partial charge in [0.2, 0.25) is 0 Å². The van der Waals surface area contributed by atoms with Crippen LogP contribution in [0.2, 0.25) is 0 Å². The number of phenols is 1. The first-order valence-electron chi connectivity index (χ1n) is 17.2. The minimum Gasteiger partial charge on any atom is -0.506 e. The van der Waals surface area contributed by atoms with Crippen LogP contribution in [0.3, 0.4) is 0 Å². The molecule has 4 heterocycles. The second-order valence-electron chi connectivity index (χ2n) is 13.7. The molecule has 2 saturated heterocycles. The molecule has 3 aliphatic heterocycles. The van der Waals surface area contributed by atoms with Crippen LogP contribution in [0.25, 0.3) is 11.0 Å². The molecule has 0 spiro atoms. The van der Waals surface area contributed by atoms with Crippen LogP contribution in [0.5, 0.6) is 5.75 Å². The number of amides is 4. The number of imidazole rings is 1. The molecule has 7 rings (SSSR count). The number of piperidine rings is 2. The van der Waals surface area contributed by atoms with Crippen LogP contribution < -0.4 is 10.6 Å². The Morgan fingerprint density at radius 1 is 0.980 bits per heavy atom. The van der Waals surface area contributed by atoms with E-state index in [1.54, 1.807) is 0 Å². The molecule has 1 aromatic heterocycles. The largest absolute Gasteiger partial charge is 0.506 e. The fourth-order valence-corrected chi connectivity index (χ4v) is 8.87. The Morgan fingerprint density at radius 3 is 2.43 bits per heavy atom. The summed E-state index contributed by atoms with van der Waals surface area (Å²) in [4.78, 5) is 38.6. The third-order valence-corrected chi connectivity index (χ3v) is 11.6. The first-order valence-corrected chi connectivity index (χ1v) is 18.8. The minimum absolute atomic E-state index is 0.0670. The van der Waals surface area contributed by atoms with Gasteiger partial charge in [0.05, 0.1) is 26.0 Å². The number of rotatable bonds is 7. The van der Waals surface area contributed by atoms with Gasteiger partial charge in [-0.05, 0) is 131 Å². The Kier molecular flexibility index (Phi) is 10.2. The van der Waals surface area contributed by atoms with E-state index < -0.39 is 6.04 Å². The van der Waals surface area contributed by atoms with Crippen LogP contribution in [-0.4, -0.2) is 87.2 Å². The molecule has 4 amide bonds. The molecule has 0 radical (unpaired) electrons. The molecule has 4 aromatic rings. The number of para-hydroxylation sites is 3. The van der Waals surface area contributed by atoms with E-state index in [2.05, 4.69) is 71.1 Å². The molecule has 3 aliphatic rings. The van der Waals surface area contributed by atoms with E-state index in [0.29, 0.717) is 53.8 Å². The fraction of sp³-hybridized carbons (Fsp3) is 0.432. The Labute approximate surface area is 304 Å². The van der Waals surface area contributed by atoms with Gasteiger partial charge in [-0.2, -0.15) is 0 Å². The van der Waals surface area contributed by atoms with Gasteiger partial charge in [0.15, 0.2) is 0 Å². The number of halogens is 2. The van der Waals surface area contributed by atoms with E-state index in [0.717, 1.165) is 72.6 Å². The number of hydrogen-bond acceptors (Lipinski definition) is 5. The number of carbonyl (C=O) groups excluding carboxylic acids is 2. The molecule has 2 fully saturated rings. The number of aromatic hydroxyl groups is 1. The summed E-state index contributed by atoms with van der Waals surface area (Å²) in [5, 5.41) is 16.9. The summed E-state index contributed by atoms with van der Waals surface area (Å²) in [6, 6.07) is 19.5. The number of nitrogens with one attached hydrogen (secondary N) is 2. The van der Waals surface area contributed by atoms with Gasteiger partial charge in [0.25, 0.3) is 0 Å². The maximum Gasteiger partial charge on any atom is 0.322 e. The Balaban J connectivity index is 1.11. The van der Waals surface area contributed by atoms with Crippen molar-refractivity contribution in [3.05, 3.63) is 86.6 Å². The van der Waals surface area contributed by atoms with Crippen LogP contribution in [0.4, 0.5) is 15.3 Å². The van der Waals surface area contributed by atoms with Crippen molar-refractivity contribution in [2.45, 2.75) is 57.2 Å². The summed E-state index contributed by atoms with van der Waals surface area (Å²) >= 11 is 6.99. The van der Waals surface area contributed by atoms with Crippen molar-refractivity contribution in [3.63, 3.8) is 0 Å². The predicted molar refractivity (Wildman–Crippen MR) is 199 cm³/mol. The highest BCUT2D eigenvalue weighted by atomic mass is 79.9. The van der Waals surface area contributed by atoms with E-state index in [-0.39, 0.29) is 23.9 Å². The van der Waals surface area contributed by atoms with E-state index in [1.807, 2.05) is 58.3 Å². The smallest absolute Gasteiger partial charge is 0.322 e. The topological polar surface area (TPSA) is 106 Å².